The minimum atomic E-state index is -0.810. The number of carbonyl (C=O) groups is 2. The number of hydroxylamine groups is 2. The van der Waals surface area contributed by atoms with Gasteiger partial charge in [0.25, 0.3) is 5.91 Å². The molecule has 0 unspecified atom stereocenters. The molecule has 2 aromatic rings. The third kappa shape index (κ3) is 7.46. The number of benzene rings is 2. The van der Waals surface area contributed by atoms with E-state index in [4.69, 9.17) is 15.3 Å². The number of hydrogen-bond donors (Lipinski definition) is 4. The molecule has 2 bridgehead atoms. The molecule has 8 atom stereocenters. The fraction of sp³-hybridized carbons (Fsp3) is 0.632. The van der Waals surface area contributed by atoms with Gasteiger partial charge in [0.15, 0.2) is 0 Å². The van der Waals surface area contributed by atoms with Gasteiger partial charge in [-0.25, -0.2) is 0 Å². The predicted octanol–water partition coefficient (Wildman–Crippen LogP) is 3.35. The van der Waals surface area contributed by atoms with E-state index in [0.717, 1.165) is 35.3 Å². The molecule has 0 radical (unpaired) electrons. The van der Waals surface area contributed by atoms with Crippen LogP contribution < -0.4 is 26.0 Å². The Hall–Kier alpha value is -3.22. The number of rotatable bonds is 13. The summed E-state index contributed by atoms with van der Waals surface area (Å²) in [6.45, 7) is 10.3. The van der Waals surface area contributed by atoms with Gasteiger partial charge < -0.3 is 36.0 Å². The maximum atomic E-state index is 14.2. The second-order valence-corrected chi connectivity index (χ2v) is 15.5. The van der Waals surface area contributed by atoms with Crippen molar-refractivity contribution in [2.75, 3.05) is 59.8 Å². The predicted molar refractivity (Wildman–Crippen MR) is 193 cm³/mol. The molecule has 3 aliphatic carbocycles. The van der Waals surface area contributed by atoms with Gasteiger partial charge in [0, 0.05) is 68.1 Å². The molecule has 49 heavy (non-hydrogen) atoms. The van der Waals surface area contributed by atoms with Gasteiger partial charge in [0.2, 0.25) is 5.91 Å². The van der Waals surface area contributed by atoms with Crippen molar-refractivity contribution in [3.8, 4) is 16.9 Å². The summed E-state index contributed by atoms with van der Waals surface area (Å²) in [4.78, 5) is 37.8. The topological polar surface area (TPSA) is 133 Å². The summed E-state index contributed by atoms with van der Waals surface area (Å²) in [5.74, 6) is 1.37. The van der Waals surface area contributed by atoms with Gasteiger partial charge in [-0.2, -0.15) is 5.06 Å². The lowest BCUT2D eigenvalue weighted by Gasteiger charge is -2.62. The first-order chi connectivity index (χ1) is 23.2. The molecule has 2 amide bonds. The first-order valence-corrected chi connectivity index (χ1v) is 17.7. The first-order valence-electron chi connectivity index (χ1n) is 17.7. The first kappa shape index (κ1) is 37.0. The summed E-state index contributed by atoms with van der Waals surface area (Å²) in [6, 6.07) is 11.0. The third-order valence-electron chi connectivity index (χ3n) is 11.6. The van der Waals surface area contributed by atoms with E-state index in [0.29, 0.717) is 41.0 Å². The molecule has 4 fully saturated rings. The summed E-state index contributed by atoms with van der Waals surface area (Å²) >= 11 is 0. The van der Waals surface area contributed by atoms with Crippen molar-refractivity contribution in [1.29, 1.82) is 0 Å². The lowest BCUT2D eigenvalue weighted by molar-refractivity contribution is -0.175. The van der Waals surface area contributed by atoms with Gasteiger partial charge in [-0.1, -0.05) is 39.0 Å². The number of carbonyl (C=O) groups excluding carboxylic acids is 2. The number of nitrogens with zero attached hydrogens (tertiary/aromatic N) is 3. The summed E-state index contributed by atoms with van der Waals surface area (Å²) < 4.78 is 6.05. The highest BCUT2D eigenvalue weighted by atomic mass is 16.7. The zero-order valence-corrected chi connectivity index (χ0v) is 30.8. The molecule has 1 aliphatic heterocycles. The molecule has 2 aromatic carbocycles. The van der Waals surface area contributed by atoms with Gasteiger partial charge in [-0.05, 0) is 80.8 Å². The summed E-state index contributed by atoms with van der Waals surface area (Å²) in [6.07, 6.45) is 0.850. The quantitative estimate of drug-likeness (QED) is 0.252. The van der Waals surface area contributed by atoms with Crippen molar-refractivity contribution < 1.29 is 24.3 Å². The van der Waals surface area contributed by atoms with E-state index in [9.17, 15) is 14.7 Å². The maximum Gasteiger partial charge on any atom is 0.251 e. The zero-order chi connectivity index (χ0) is 35.8. The van der Waals surface area contributed by atoms with E-state index < -0.39 is 24.2 Å². The number of ether oxygens (including phenoxy) is 1. The maximum absolute atomic E-state index is 14.2. The van der Waals surface area contributed by atoms with Crippen LogP contribution in [0.15, 0.2) is 36.4 Å². The third-order valence-corrected chi connectivity index (χ3v) is 11.6. The number of hydrogen-bond acceptors (Lipinski definition) is 9. The molecule has 4 aliphatic rings. The van der Waals surface area contributed by atoms with Gasteiger partial charge in [0.05, 0.1) is 25.9 Å². The molecule has 1 heterocycles. The van der Waals surface area contributed by atoms with Crippen molar-refractivity contribution in [2.45, 2.75) is 71.4 Å². The largest absolute Gasteiger partial charge is 0.496 e. The Labute approximate surface area is 292 Å². The van der Waals surface area contributed by atoms with Crippen LogP contribution in [0.5, 0.6) is 5.75 Å². The number of nitrogens with two attached hydrogens (primary N) is 1. The molecule has 0 spiro atoms. The van der Waals surface area contributed by atoms with Gasteiger partial charge in [-0.15, -0.1) is 0 Å². The SMILES string of the molecule is COc1c(CN2O[C@@H](CN)[C@@H]([C@H](C)O)[C@H]2C(=O)N[C@H]2C[C@@H]3C[C@H]([C@@H]2C)C3(C)C)cccc1-c1cc(C(=O)NCCN(C)C)cc(N(C)C)c1. The number of para-hydroxylation sites is 1. The number of aliphatic hydroxyl groups excluding tert-OH is 1. The van der Waals surface area contributed by atoms with Crippen molar-refractivity contribution >= 4 is 17.5 Å². The van der Waals surface area contributed by atoms with Crippen LogP contribution in [0.2, 0.25) is 0 Å². The van der Waals surface area contributed by atoms with Gasteiger partial charge >= 0.3 is 0 Å². The fourth-order valence-corrected chi connectivity index (χ4v) is 8.53. The van der Waals surface area contributed by atoms with E-state index in [-0.39, 0.29) is 30.9 Å². The second-order valence-electron chi connectivity index (χ2n) is 15.5. The Morgan fingerprint density at radius 2 is 1.90 bits per heavy atom. The summed E-state index contributed by atoms with van der Waals surface area (Å²) in [5.41, 5.74) is 10.3. The number of anilines is 1. The van der Waals surface area contributed by atoms with Crippen molar-refractivity contribution in [3.05, 3.63) is 47.5 Å². The van der Waals surface area contributed by atoms with Crippen molar-refractivity contribution in [1.82, 2.24) is 20.6 Å². The standard InChI is InChI=1S/C38H58N6O5/c1-22-30-18-27(38(30,3)4)19-31(22)41-37(47)34-33(23(2)45)32(20-39)49-44(34)21-24-11-10-12-29(35(24)48-9)25-15-26(17-28(16-25)43(7)8)36(46)40-13-14-42(5)6/h10-12,15-17,22-23,27,30-34,45H,13-14,18-21,39H2,1-9H3,(H,40,46)(H,41,47)/t22-,23-,27-,30+,31-,32-,33+,34-/m0/s1. The van der Waals surface area contributed by atoms with Gasteiger partial charge in [0.1, 0.15) is 11.8 Å². The fourth-order valence-electron chi connectivity index (χ4n) is 8.53. The van der Waals surface area contributed by atoms with Crippen LogP contribution in [0.4, 0.5) is 5.69 Å². The number of nitrogens with one attached hydrogen (secondary N) is 2. The van der Waals surface area contributed by atoms with Crippen LogP contribution in [-0.4, -0.2) is 106 Å². The summed E-state index contributed by atoms with van der Waals surface area (Å²) in [5, 5.41) is 19.0. The van der Waals surface area contributed by atoms with Crippen LogP contribution in [0, 0.1) is 29.1 Å². The van der Waals surface area contributed by atoms with Crippen LogP contribution in [0.3, 0.4) is 0 Å². The van der Waals surface area contributed by atoms with Crippen LogP contribution in [0.25, 0.3) is 11.1 Å². The van der Waals surface area contributed by atoms with Crippen molar-refractivity contribution in [3.63, 3.8) is 0 Å². The highest BCUT2D eigenvalue weighted by Crippen LogP contribution is 2.61. The van der Waals surface area contributed by atoms with E-state index in [1.807, 2.05) is 74.4 Å². The Morgan fingerprint density at radius 3 is 2.49 bits per heavy atom. The molecule has 1 saturated heterocycles. The van der Waals surface area contributed by atoms with E-state index in [2.05, 4.69) is 31.4 Å². The molecule has 3 saturated carbocycles. The molecule has 270 valence electrons. The average molecular weight is 679 g/mol. The monoisotopic (exact) mass is 678 g/mol. The Morgan fingerprint density at radius 1 is 1.16 bits per heavy atom. The highest BCUT2D eigenvalue weighted by Gasteiger charge is 2.57. The molecule has 11 heteroatoms. The normalized spacial score (nSPS) is 28.1. The van der Waals surface area contributed by atoms with Crippen LogP contribution >= 0.6 is 0 Å². The van der Waals surface area contributed by atoms with E-state index >= 15 is 0 Å². The molecular formula is C38H58N6O5. The number of fused-ring (bicyclic) bond motifs is 2. The molecule has 11 nitrogen and oxygen atoms in total. The molecule has 5 N–H and O–H groups in total. The lowest BCUT2D eigenvalue weighted by atomic mass is 9.45. The number of amides is 2. The summed E-state index contributed by atoms with van der Waals surface area (Å²) in [7, 11) is 9.46. The zero-order valence-electron chi connectivity index (χ0n) is 30.8. The highest BCUT2D eigenvalue weighted by molar-refractivity contribution is 5.97. The molecule has 6 rings (SSSR count). The number of likely N-dealkylation sites (N-methyl/N-ethyl adjacent to an activating group) is 1. The second kappa shape index (κ2) is 14.9. The lowest BCUT2D eigenvalue weighted by Crippen LogP contribution is -2.62. The minimum Gasteiger partial charge on any atom is -0.496 e. The molecule has 0 aromatic heterocycles. The average Bonchev–Trinajstić information content (AvgIpc) is 3.43. The van der Waals surface area contributed by atoms with E-state index in [1.54, 1.807) is 19.1 Å². The Kier molecular flexibility index (Phi) is 11.3. The number of aliphatic hydroxyl groups is 1. The Bertz CT molecular complexity index is 1490. The molecular weight excluding hydrogens is 620 g/mol. The Balaban J connectivity index is 1.44. The van der Waals surface area contributed by atoms with Crippen LogP contribution in [-0.2, 0) is 16.2 Å². The number of methoxy groups -OCH3 is 1. The van der Waals surface area contributed by atoms with Crippen LogP contribution in [0.1, 0.15) is 56.5 Å². The van der Waals surface area contributed by atoms with Crippen molar-refractivity contribution in [2.24, 2.45) is 34.8 Å². The minimum absolute atomic E-state index is 0.0776. The van der Waals surface area contributed by atoms with Gasteiger partial charge in [-0.3, -0.25) is 14.4 Å². The smallest absolute Gasteiger partial charge is 0.251 e. The van der Waals surface area contributed by atoms with E-state index in [1.165, 1.54) is 6.42 Å².